The minimum Gasteiger partial charge on any atom is -0.381 e. The SMILES string of the molecule is CCN(CC)c1ccc(C(=O)NC2CCOCC2)nn1. The Hall–Kier alpha value is -1.69. The van der Waals surface area contributed by atoms with Crippen molar-refractivity contribution in [3.05, 3.63) is 17.8 Å². The Morgan fingerprint density at radius 1 is 1.30 bits per heavy atom. The predicted octanol–water partition coefficient (Wildman–Crippen LogP) is 1.23. The molecule has 20 heavy (non-hydrogen) atoms. The van der Waals surface area contributed by atoms with Gasteiger partial charge in [-0.1, -0.05) is 0 Å². The third-order valence-electron chi connectivity index (χ3n) is 3.53. The van der Waals surface area contributed by atoms with Crippen molar-refractivity contribution in [2.45, 2.75) is 32.7 Å². The lowest BCUT2D eigenvalue weighted by molar-refractivity contribution is 0.0693. The number of hydrogen-bond donors (Lipinski definition) is 1. The van der Waals surface area contributed by atoms with Crippen LogP contribution in [0.25, 0.3) is 0 Å². The first-order valence-corrected chi connectivity index (χ1v) is 7.21. The van der Waals surface area contributed by atoms with Gasteiger partial charge in [0.1, 0.15) is 0 Å². The van der Waals surface area contributed by atoms with E-state index in [4.69, 9.17) is 4.74 Å². The summed E-state index contributed by atoms with van der Waals surface area (Å²) in [6, 6.07) is 3.76. The van der Waals surface area contributed by atoms with Gasteiger partial charge < -0.3 is 15.0 Å². The van der Waals surface area contributed by atoms with Gasteiger partial charge in [-0.25, -0.2) is 0 Å². The first-order chi connectivity index (χ1) is 9.74. The van der Waals surface area contributed by atoms with Crippen LogP contribution in [0, 0.1) is 0 Å². The number of rotatable bonds is 5. The Bertz CT molecular complexity index is 425. The number of ether oxygens (including phenoxy) is 1. The number of carbonyl (C=O) groups is 1. The molecule has 2 heterocycles. The van der Waals surface area contributed by atoms with E-state index in [0.29, 0.717) is 18.9 Å². The highest BCUT2D eigenvalue weighted by molar-refractivity contribution is 5.92. The summed E-state index contributed by atoms with van der Waals surface area (Å²) in [6.45, 7) is 7.29. The lowest BCUT2D eigenvalue weighted by Crippen LogP contribution is -2.39. The number of carbonyl (C=O) groups excluding carboxylic acids is 1. The molecule has 0 radical (unpaired) electrons. The summed E-state index contributed by atoms with van der Waals surface area (Å²) in [5.41, 5.74) is 0.368. The summed E-state index contributed by atoms with van der Waals surface area (Å²) in [4.78, 5) is 14.2. The summed E-state index contributed by atoms with van der Waals surface area (Å²) in [7, 11) is 0. The summed E-state index contributed by atoms with van der Waals surface area (Å²) in [5, 5.41) is 11.1. The number of amides is 1. The molecule has 0 aliphatic carbocycles. The van der Waals surface area contributed by atoms with Crippen molar-refractivity contribution in [3.63, 3.8) is 0 Å². The van der Waals surface area contributed by atoms with E-state index < -0.39 is 0 Å². The van der Waals surface area contributed by atoms with Crippen LogP contribution in [0.15, 0.2) is 12.1 Å². The van der Waals surface area contributed by atoms with Gasteiger partial charge in [-0.15, -0.1) is 10.2 Å². The van der Waals surface area contributed by atoms with Crippen molar-refractivity contribution in [1.82, 2.24) is 15.5 Å². The molecule has 1 saturated heterocycles. The zero-order valence-electron chi connectivity index (χ0n) is 12.1. The van der Waals surface area contributed by atoms with E-state index in [1.54, 1.807) is 6.07 Å². The van der Waals surface area contributed by atoms with E-state index in [0.717, 1.165) is 31.7 Å². The van der Waals surface area contributed by atoms with Gasteiger partial charge in [-0.2, -0.15) is 0 Å². The molecule has 0 bridgehead atoms. The summed E-state index contributed by atoms with van der Waals surface area (Å²) in [6.07, 6.45) is 1.72. The van der Waals surface area contributed by atoms with Crippen LogP contribution >= 0.6 is 0 Å². The van der Waals surface area contributed by atoms with Crippen LogP contribution in [0.3, 0.4) is 0 Å². The molecule has 0 spiro atoms. The maximum atomic E-state index is 12.1. The first-order valence-electron chi connectivity index (χ1n) is 7.21. The molecule has 1 aliphatic rings. The summed E-state index contributed by atoms with van der Waals surface area (Å²) < 4.78 is 5.27. The molecule has 1 fully saturated rings. The Balaban J connectivity index is 1.96. The largest absolute Gasteiger partial charge is 0.381 e. The van der Waals surface area contributed by atoms with Crippen LogP contribution in [-0.4, -0.2) is 48.4 Å². The molecule has 1 aromatic heterocycles. The van der Waals surface area contributed by atoms with Gasteiger partial charge in [-0.05, 0) is 38.8 Å². The van der Waals surface area contributed by atoms with E-state index in [1.807, 2.05) is 6.07 Å². The van der Waals surface area contributed by atoms with E-state index in [-0.39, 0.29) is 11.9 Å². The Morgan fingerprint density at radius 3 is 2.55 bits per heavy atom. The highest BCUT2D eigenvalue weighted by Gasteiger charge is 2.18. The molecule has 0 saturated carbocycles. The third kappa shape index (κ3) is 3.66. The Labute approximate surface area is 119 Å². The normalized spacial score (nSPS) is 15.9. The molecule has 0 atom stereocenters. The fraction of sp³-hybridized carbons (Fsp3) is 0.643. The fourth-order valence-corrected chi connectivity index (χ4v) is 2.26. The van der Waals surface area contributed by atoms with Crippen LogP contribution in [0.5, 0.6) is 0 Å². The van der Waals surface area contributed by atoms with Crippen LogP contribution in [-0.2, 0) is 4.74 Å². The van der Waals surface area contributed by atoms with Gasteiger partial charge in [0.2, 0.25) is 0 Å². The molecule has 1 aliphatic heterocycles. The quantitative estimate of drug-likeness (QED) is 0.877. The first kappa shape index (κ1) is 14.7. The van der Waals surface area contributed by atoms with Gasteiger partial charge in [0.05, 0.1) is 0 Å². The lowest BCUT2D eigenvalue weighted by atomic mass is 10.1. The van der Waals surface area contributed by atoms with Crippen molar-refractivity contribution in [2.75, 3.05) is 31.2 Å². The smallest absolute Gasteiger partial charge is 0.272 e. The molecule has 1 amide bonds. The predicted molar refractivity (Wildman–Crippen MR) is 76.9 cm³/mol. The molecule has 6 heteroatoms. The van der Waals surface area contributed by atoms with Crippen LogP contribution in [0.1, 0.15) is 37.2 Å². The fourth-order valence-electron chi connectivity index (χ4n) is 2.26. The lowest BCUT2D eigenvalue weighted by Gasteiger charge is -2.23. The standard InChI is InChI=1S/C14H22N4O2/c1-3-18(4-2)13-6-5-12(16-17-13)14(19)15-11-7-9-20-10-8-11/h5-6,11H,3-4,7-10H2,1-2H3,(H,15,19). The number of hydrogen-bond acceptors (Lipinski definition) is 5. The van der Waals surface area contributed by atoms with E-state index in [1.165, 1.54) is 0 Å². The molecule has 0 unspecified atom stereocenters. The second-order valence-corrected chi connectivity index (χ2v) is 4.81. The van der Waals surface area contributed by atoms with Crippen molar-refractivity contribution >= 4 is 11.7 Å². The summed E-state index contributed by atoms with van der Waals surface area (Å²) in [5.74, 6) is 0.646. The van der Waals surface area contributed by atoms with Gasteiger partial charge >= 0.3 is 0 Å². The Kier molecular flexibility index (Phi) is 5.29. The highest BCUT2D eigenvalue weighted by atomic mass is 16.5. The maximum absolute atomic E-state index is 12.1. The highest BCUT2D eigenvalue weighted by Crippen LogP contribution is 2.10. The second-order valence-electron chi connectivity index (χ2n) is 4.81. The van der Waals surface area contributed by atoms with Crippen LogP contribution < -0.4 is 10.2 Å². The molecule has 0 aromatic carbocycles. The van der Waals surface area contributed by atoms with E-state index in [2.05, 4.69) is 34.3 Å². The van der Waals surface area contributed by atoms with Crippen LogP contribution in [0.4, 0.5) is 5.82 Å². The molecule has 6 nitrogen and oxygen atoms in total. The summed E-state index contributed by atoms with van der Waals surface area (Å²) >= 11 is 0. The maximum Gasteiger partial charge on any atom is 0.272 e. The Morgan fingerprint density at radius 2 is 2.00 bits per heavy atom. The molecule has 1 aromatic rings. The molecule has 1 N–H and O–H groups in total. The zero-order valence-corrected chi connectivity index (χ0v) is 12.1. The van der Waals surface area contributed by atoms with E-state index >= 15 is 0 Å². The van der Waals surface area contributed by atoms with Crippen molar-refractivity contribution < 1.29 is 9.53 Å². The van der Waals surface area contributed by atoms with Gasteiger partial charge in [0.25, 0.3) is 5.91 Å². The van der Waals surface area contributed by atoms with Crippen molar-refractivity contribution in [2.24, 2.45) is 0 Å². The van der Waals surface area contributed by atoms with Crippen molar-refractivity contribution in [1.29, 1.82) is 0 Å². The molecular weight excluding hydrogens is 256 g/mol. The average Bonchev–Trinajstić information content (AvgIpc) is 2.50. The number of anilines is 1. The van der Waals surface area contributed by atoms with Gasteiger partial charge in [0.15, 0.2) is 11.5 Å². The second kappa shape index (κ2) is 7.19. The van der Waals surface area contributed by atoms with Gasteiger partial charge in [-0.3, -0.25) is 4.79 Å². The third-order valence-corrected chi connectivity index (χ3v) is 3.53. The van der Waals surface area contributed by atoms with Gasteiger partial charge in [0, 0.05) is 32.3 Å². The topological polar surface area (TPSA) is 67.4 Å². The average molecular weight is 278 g/mol. The molecule has 2 rings (SSSR count). The minimum atomic E-state index is -0.157. The van der Waals surface area contributed by atoms with Crippen LogP contribution in [0.2, 0.25) is 0 Å². The monoisotopic (exact) mass is 278 g/mol. The minimum absolute atomic E-state index is 0.157. The van der Waals surface area contributed by atoms with E-state index in [9.17, 15) is 4.79 Å². The number of nitrogens with one attached hydrogen (secondary N) is 1. The molecule has 110 valence electrons. The zero-order chi connectivity index (χ0) is 14.4. The number of aromatic nitrogens is 2. The molecular formula is C14H22N4O2. The van der Waals surface area contributed by atoms with Crippen molar-refractivity contribution in [3.8, 4) is 0 Å². The number of nitrogens with zero attached hydrogens (tertiary/aromatic N) is 3.